The fourth-order valence-electron chi connectivity index (χ4n) is 2.46. The van der Waals surface area contributed by atoms with Crippen LogP contribution in [-0.2, 0) is 4.79 Å². The first-order valence-corrected chi connectivity index (χ1v) is 7.28. The topological polar surface area (TPSA) is 55.1 Å². The van der Waals surface area contributed by atoms with E-state index < -0.39 is 0 Å². The summed E-state index contributed by atoms with van der Waals surface area (Å²) in [5, 5.41) is 2.96. The van der Waals surface area contributed by atoms with Gasteiger partial charge in [0.2, 0.25) is 5.91 Å². The first-order valence-electron chi connectivity index (χ1n) is 6.49. The smallest absolute Gasteiger partial charge is 0.229 e. The largest absolute Gasteiger partial charge is 0.327 e. The number of halogens is 1. The summed E-state index contributed by atoms with van der Waals surface area (Å²) >= 11 is 3.40. The molecule has 2 atom stereocenters. The van der Waals surface area contributed by atoms with E-state index in [-0.39, 0.29) is 17.9 Å². The third kappa shape index (κ3) is 3.56. The first-order chi connectivity index (χ1) is 8.66. The van der Waals surface area contributed by atoms with E-state index in [0.717, 1.165) is 35.8 Å². The predicted octanol–water partition coefficient (Wildman–Crippen LogP) is 3.30. The number of rotatable bonds is 2. The van der Waals surface area contributed by atoms with Crippen LogP contribution in [0.25, 0.3) is 0 Å². The molecule has 0 heterocycles. The van der Waals surface area contributed by atoms with Gasteiger partial charge in [0.05, 0.1) is 5.92 Å². The molecule has 0 aromatic heterocycles. The fourth-order valence-corrected chi connectivity index (χ4v) is 2.86. The second-order valence-electron chi connectivity index (χ2n) is 4.91. The highest BCUT2D eigenvalue weighted by Gasteiger charge is 2.26. The molecule has 1 amide bonds. The number of amides is 1. The average Bonchev–Trinajstić information content (AvgIpc) is 2.54. The normalized spacial score (nSPS) is 24.3. The van der Waals surface area contributed by atoms with Crippen molar-refractivity contribution in [1.29, 1.82) is 0 Å². The van der Waals surface area contributed by atoms with Crippen molar-refractivity contribution in [2.24, 2.45) is 11.7 Å². The minimum absolute atomic E-state index is 0.000321. The van der Waals surface area contributed by atoms with Gasteiger partial charge in [-0.05, 0) is 31.0 Å². The van der Waals surface area contributed by atoms with E-state index in [0.29, 0.717) is 0 Å². The number of hydrogen-bond acceptors (Lipinski definition) is 2. The van der Waals surface area contributed by atoms with E-state index in [1.54, 1.807) is 0 Å². The molecule has 2 unspecified atom stereocenters. The van der Waals surface area contributed by atoms with Crippen LogP contribution in [0.1, 0.15) is 32.1 Å². The van der Waals surface area contributed by atoms with Crippen molar-refractivity contribution in [2.75, 3.05) is 5.32 Å². The fraction of sp³-hybridized carbons (Fsp3) is 0.500. The lowest BCUT2D eigenvalue weighted by Gasteiger charge is -2.20. The lowest BCUT2D eigenvalue weighted by Crippen LogP contribution is -2.37. The summed E-state index contributed by atoms with van der Waals surface area (Å²) in [7, 11) is 0. The maximum Gasteiger partial charge on any atom is 0.229 e. The van der Waals surface area contributed by atoms with E-state index in [4.69, 9.17) is 5.73 Å². The highest BCUT2D eigenvalue weighted by atomic mass is 79.9. The second-order valence-corrected chi connectivity index (χ2v) is 5.82. The first kappa shape index (κ1) is 13.6. The van der Waals surface area contributed by atoms with Gasteiger partial charge >= 0.3 is 0 Å². The standard InChI is InChI=1S/C14H19BrN2O/c15-10-5-4-6-11(9-10)17-14(18)12-7-2-1-3-8-13(12)16/h4-6,9,12-13H,1-3,7-8,16H2,(H,17,18). The third-order valence-corrected chi connectivity index (χ3v) is 3.99. The minimum atomic E-state index is -0.0496. The molecule has 3 N–H and O–H groups in total. The van der Waals surface area contributed by atoms with Gasteiger partial charge in [0.25, 0.3) is 0 Å². The molecule has 1 aliphatic carbocycles. The lowest BCUT2D eigenvalue weighted by atomic mass is 9.94. The van der Waals surface area contributed by atoms with Crippen molar-refractivity contribution in [3.8, 4) is 0 Å². The molecular weight excluding hydrogens is 292 g/mol. The highest BCUT2D eigenvalue weighted by molar-refractivity contribution is 9.10. The number of nitrogens with one attached hydrogen (secondary N) is 1. The molecule has 98 valence electrons. The van der Waals surface area contributed by atoms with Crippen LogP contribution in [0.2, 0.25) is 0 Å². The monoisotopic (exact) mass is 310 g/mol. The van der Waals surface area contributed by atoms with Gasteiger partial charge in [-0.3, -0.25) is 4.79 Å². The summed E-state index contributed by atoms with van der Waals surface area (Å²) in [5.41, 5.74) is 6.92. The Morgan fingerprint density at radius 3 is 2.83 bits per heavy atom. The molecule has 0 bridgehead atoms. The van der Waals surface area contributed by atoms with Gasteiger partial charge in [-0.25, -0.2) is 0 Å². The van der Waals surface area contributed by atoms with Crippen LogP contribution < -0.4 is 11.1 Å². The van der Waals surface area contributed by atoms with Gasteiger partial charge in [-0.1, -0.05) is 41.3 Å². The Hall–Kier alpha value is -0.870. The highest BCUT2D eigenvalue weighted by Crippen LogP contribution is 2.24. The lowest BCUT2D eigenvalue weighted by molar-refractivity contribution is -0.120. The van der Waals surface area contributed by atoms with E-state index in [9.17, 15) is 4.79 Å². The molecule has 2 rings (SSSR count). The Morgan fingerprint density at radius 1 is 1.28 bits per heavy atom. The molecule has 1 aliphatic rings. The summed E-state index contributed by atoms with van der Waals surface area (Å²) in [5.74, 6) is 0.00832. The van der Waals surface area contributed by atoms with Crippen LogP contribution in [0, 0.1) is 5.92 Å². The number of benzene rings is 1. The van der Waals surface area contributed by atoms with Crippen LogP contribution in [0.3, 0.4) is 0 Å². The summed E-state index contributed by atoms with van der Waals surface area (Å²) in [4.78, 5) is 12.2. The van der Waals surface area contributed by atoms with Crippen LogP contribution in [0.5, 0.6) is 0 Å². The number of carbonyl (C=O) groups is 1. The molecule has 1 fully saturated rings. The zero-order valence-corrected chi connectivity index (χ0v) is 11.9. The van der Waals surface area contributed by atoms with E-state index in [1.807, 2.05) is 24.3 Å². The van der Waals surface area contributed by atoms with E-state index in [2.05, 4.69) is 21.2 Å². The number of hydrogen-bond donors (Lipinski definition) is 2. The minimum Gasteiger partial charge on any atom is -0.327 e. The third-order valence-electron chi connectivity index (χ3n) is 3.50. The molecule has 3 nitrogen and oxygen atoms in total. The Balaban J connectivity index is 2.02. The molecular formula is C14H19BrN2O. The average molecular weight is 311 g/mol. The number of nitrogens with two attached hydrogens (primary N) is 1. The van der Waals surface area contributed by atoms with E-state index in [1.165, 1.54) is 6.42 Å². The summed E-state index contributed by atoms with van der Waals surface area (Å²) in [6, 6.07) is 7.64. The van der Waals surface area contributed by atoms with Crippen molar-refractivity contribution in [3.63, 3.8) is 0 Å². The molecule has 0 saturated heterocycles. The van der Waals surface area contributed by atoms with Gasteiger partial charge in [0, 0.05) is 16.2 Å². The Kier molecular flexibility index (Phi) is 4.78. The van der Waals surface area contributed by atoms with Gasteiger partial charge < -0.3 is 11.1 Å². The van der Waals surface area contributed by atoms with Gasteiger partial charge in [0.1, 0.15) is 0 Å². The number of anilines is 1. The number of carbonyl (C=O) groups excluding carboxylic acids is 1. The maximum absolute atomic E-state index is 12.2. The Labute approximate surface area is 116 Å². The molecule has 1 saturated carbocycles. The SMILES string of the molecule is NC1CCCCCC1C(=O)Nc1cccc(Br)c1. The zero-order chi connectivity index (χ0) is 13.0. The molecule has 1 aromatic rings. The molecule has 0 spiro atoms. The summed E-state index contributed by atoms with van der Waals surface area (Å²) < 4.78 is 0.963. The van der Waals surface area contributed by atoms with Gasteiger partial charge in [-0.15, -0.1) is 0 Å². The zero-order valence-electron chi connectivity index (χ0n) is 10.4. The van der Waals surface area contributed by atoms with Crippen LogP contribution in [0.15, 0.2) is 28.7 Å². The maximum atomic E-state index is 12.2. The van der Waals surface area contributed by atoms with Crippen LogP contribution in [0.4, 0.5) is 5.69 Å². The molecule has 18 heavy (non-hydrogen) atoms. The van der Waals surface area contributed by atoms with Crippen molar-refractivity contribution in [3.05, 3.63) is 28.7 Å². The summed E-state index contributed by atoms with van der Waals surface area (Å²) in [6.45, 7) is 0. The Morgan fingerprint density at radius 2 is 2.06 bits per heavy atom. The predicted molar refractivity (Wildman–Crippen MR) is 77.3 cm³/mol. The van der Waals surface area contributed by atoms with Gasteiger partial charge in [-0.2, -0.15) is 0 Å². The molecule has 0 aliphatic heterocycles. The van der Waals surface area contributed by atoms with Gasteiger partial charge in [0.15, 0.2) is 0 Å². The summed E-state index contributed by atoms with van der Waals surface area (Å²) in [6.07, 6.45) is 5.29. The molecule has 4 heteroatoms. The quantitative estimate of drug-likeness (QED) is 0.824. The van der Waals surface area contributed by atoms with Crippen molar-refractivity contribution < 1.29 is 4.79 Å². The van der Waals surface area contributed by atoms with E-state index >= 15 is 0 Å². The Bertz CT molecular complexity index is 422. The van der Waals surface area contributed by atoms with Crippen LogP contribution >= 0.6 is 15.9 Å². The van der Waals surface area contributed by atoms with Crippen molar-refractivity contribution in [1.82, 2.24) is 0 Å². The molecule has 1 aromatic carbocycles. The van der Waals surface area contributed by atoms with Crippen molar-refractivity contribution >= 4 is 27.5 Å². The van der Waals surface area contributed by atoms with Crippen LogP contribution in [-0.4, -0.2) is 11.9 Å². The second kappa shape index (κ2) is 6.34. The van der Waals surface area contributed by atoms with Crippen molar-refractivity contribution in [2.45, 2.75) is 38.1 Å². The molecule has 0 radical (unpaired) electrons.